The summed E-state index contributed by atoms with van der Waals surface area (Å²) in [5.41, 5.74) is 6.76. The van der Waals surface area contributed by atoms with E-state index >= 15 is 0 Å². The number of thiocarbonyl (C=S) groups is 1. The molecule has 0 spiro atoms. The molecule has 0 aliphatic heterocycles. The normalized spacial score (nSPS) is 11.8. The Morgan fingerprint density at radius 3 is 2.60 bits per heavy atom. The van der Waals surface area contributed by atoms with Gasteiger partial charge in [0.05, 0.1) is 17.5 Å². The first kappa shape index (κ1) is 14.7. The fourth-order valence-electron chi connectivity index (χ4n) is 1.88. The maximum absolute atomic E-state index is 12.2. The third-order valence-electron chi connectivity index (χ3n) is 2.96. The Hall–Kier alpha value is -1.72. The molecule has 1 atom stereocenters. The predicted molar refractivity (Wildman–Crippen MR) is 86.6 cm³/mol. The number of hydrogen-bond donors (Lipinski definition) is 2. The van der Waals surface area contributed by atoms with Crippen molar-refractivity contribution in [3.8, 4) is 0 Å². The zero-order chi connectivity index (χ0) is 14.4. The number of thiophene rings is 1. The van der Waals surface area contributed by atoms with Crippen molar-refractivity contribution in [2.45, 2.75) is 13.0 Å². The van der Waals surface area contributed by atoms with Crippen molar-refractivity contribution in [2.24, 2.45) is 11.7 Å². The lowest BCUT2D eigenvalue weighted by molar-refractivity contribution is -0.123. The molecular weight excluding hydrogens is 288 g/mol. The van der Waals surface area contributed by atoms with E-state index in [0.717, 1.165) is 10.4 Å². The molecule has 0 aliphatic carbocycles. The van der Waals surface area contributed by atoms with Crippen LogP contribution in [0.1, 0.15) is 10.4 Å². The number of nitrogens with one attached hydrogen (secondary N) is 1. The molecule has 1 aromatic carbocycles. The number of hydrogen-bond acceptors (Lipinski definition) is 3. The number of amides is 1. The summed E-state index contributed by atoms with van der Waals surface area (Å²) in [6.45, 7) is 0.518. The molecule has 1 aromatic heterocycles. The first-order valence-corrected chi connectivity index (χ1v) is 7.59. The summed E-state index contributed by atoms with van der Waals surface area (Å²) >= 11 is 6.64. The van der Waals surface area contributed by atoms with Gasteiger partial charge in [-0.25, -0.2) is 0 Å². The van der Waals surface area contributed by atoms with Crippen LogP contribution < -0.4 is 11.1 Å². The monoisotopic (exact) mass is 304 g/mol. The van der Waals surface area contributed by atoms with Crippen LogP contribution in [0, 0.1) is 5.92 Å². The Morgan fingerprint density at radius 2 is 2.00 bits per heavy atom. The molecule has 3 nitrogen and oxygen atoms in total. The van der Waals surface area contributed by atoms with E-state index in [1.165, 1.54) is 0 Å². The van der Waals surface area contributed by atoms with Crippen LogP contribution in [0.2, 0.25) is 0 Å². The third kappa shape index (κ3) is 4.15. The highest BCUT2D eigenvalue weighted by Crippen LogP contribution is 2.11. The minimum atomic E-state index is -0.465. The minimum absolute atomic E-state index is 0.116. The molecule has 0 saturated carbocycles. The topological polar surface area (TPSA) is 55.1 Å². The fraction of sp³-hybridized carbons (Fsp3) is 0.200. The van der Waals surface area contributed by atoms with Gasteiger partial charge in [0.1, 0.15) is 0 Å². The molecule has 2 rings (SSSR count). The molecule has 5 heteroatoms. The van der Waals surface area contributed by atoms with Gasteiger partial charge < -0.3 is 11.1 Å². The van der Waals surface area contributed by atoms with Gasteiger partial charge in [-0.05, 0) is 23.4 Å². The first-order valence-electron chi connectivity index (χ1n) is 6.30. The van der Waals surface area contributed by atoms with Crippen LogP contribution in [0.3, 0.4) is 0 Å². The van der Waals surface area contributed by atoms with Crippen LogP contribution in [0.15, 0.2) is 47.8 Å². The summed E-state index contributed by atoms with van der Waals surface area (Å²) in [6, 6.07) is 13.7. The molecule has 1 unspecified atom stereocenters. The number of benzene rings is 1. The zero-order valence-corrected chi connectivity index (χ0v) is 12.5. The van der Waals surface area contributed by atoms with Gasteiger partial charge in [0.2, 0.25) is 5.91 Å². The maximum Gasteiger partial charge on any atom is 0.230 e. The predicted octanol–water partition coefficient (Wildman–Crippen LogP) is 2.51. The van der Waals surface area contributed by atoms with Crippen molar-refractivity contribution in [3.05, 3.63) is 58.3 Å². The Bertz CT molecular complexity index is 567. The second-order valence-corrected chi connectivity index (χ2v) is 5.95. The molecule has 2 aromatic rings. The quantitative estimate of drug-likeness (QED) is 0.806. The molecule has 0 aliphatic rings. The average molecular weight is 304 g/mol. The Balaban J connectivity index is 1.97. The van der Waals surface area contributed by atoms with E-state index in [4.69, 9.17) is 18.0 Å². The van der Waals surface area contributed by atoms with E-state index in [2.05, 4.69) is 5.32 Å². The second kappa shape index (κ2) is 7.17. The molecule has 0 saturated heterocycles. The van der Waals surface area contributed by atoms with Gasteiger partial charge in [-0.3, -0.25) is 4.79 Å². The Kier molecular flexibility index (Phi) is 5.26. The summed E-state index contributed by atoms with van der Waals surface area (Å²) < 4.78 is 0. The molecule has 1 amide bonds. The van der Waals surface area contributed by atoms with Gasteiger partial charge in [0.25, 0.3) is 0 Å². The third-order valence-corrected chi connectivity index (χ3v) is 4.12. The SMILES string of the molecule is NC(=S)C(Cc1ccccc1)C(=O)NCc1cccs1. The summed E-state index contributed by atoms with van der Waals surface area (Å²) in [4.78, 5) is 13.6. The Labute approximate surface area is 127 Å². The van der Waals surface area contributed by atoms with E-state index in [1.807, 2.05) is 47.8 Å². The zero-order valence-electron chi connectivity index (χ0n) is 10.9. The largest absolute Gasteiger partial charge is 0.393 e. The average Bonchev–Trinajstić information content (AvgIpc) is 2.96. The van der Waals surface area contributed by atoms with Crippen LogP contribution >= 0.6 is 23.6 Å². The summed E-state index contributed by atoms with van der Waals surface area (Å²) in [5, 5.41) is 4.87. The van der Waals surface area contributed by atoms with Gasteiger partial charge in [0, 0.05) is 4.88 Å². The van der Waals surface area contributed by atoms with Crippen molar-refractivity contribution in [1.82, 2.24) is 5.32 Å². The number of carbonyl (C=O) groups excluding carboxylic acids is 1. The molecule has 20 heavy (non-hydrogen) atoms. The Morgan fingerprint density at radius 1 is 1.25 bits per heavy atom. The van der Waals surface area contributed by atoms with Crippen LogP contribution in [-0.2, 0) is 17.8 Å². The van der Waals surface area contributed by atoms with Crippen LogP contribution in [-0.4, -0.2) is 10.9 Å². The van der Waals surface area contributed by atoms with E-state index in [9.17, 15) is 4.79 Å². The van der Waals surface area contributed by atoms with Crippen molar-refractivity contribution in [2.75, 3.05) is 0 Å². The van der Waals surface area contributed by atoms with Gasteiger partial charge in [-0.2, -0.15) is 0 Å². The lowest BCUT2D eigenvalue weighted by Crippen LogP contribution is -2.38. The molecule has 3 N–H and O–H groups in total. The van der Waals surface area contributed by atoms with Crippen molar-refractivity contribution >= 4 is 34.5 Å². The molecule has 0 radical (unpaired) electrons. The smallest absolute Gasteiger partial charge is 0.230 e. The fourth-order valence-corrected chi connectivity index (χ4v) is 2.72. The maximum atomic E-state index is 12.2. The van der Waals surface area contributed by atoms with Gasteiger partial charge >= 0.3 is 0 Å². The van der Waals surface area contributed by atoms with E-state index in [1.54, 1.807) is 11.3 Å². The van der Waals surface area contributed by atoms with Gasteiger partial charge in [-0.1, -0.05) is 48.6 Å². The lowest BCUT2D eigenvalue weighted by atomic mass is 9.98. The molecule has 104 valence electrons. The highest BCUT2D eigenvalue weighted by Gasteiger charge is 2.21. The van der Waals surface area contributed by atoms with E-state index < -0.39 is 5.92 Å². The van der Waals surface area contributed by atoms with E-state index in [-0.39, 0.29) is 10.9 Å². The number of nitrogens with two attached hydrogens (primary N) is 1. The van der Waals surface area contributed by atoms with Crippen molar-refractivity contribution in [3.63, 3.8) is 0 Å². The highest BCUT2D eigenvalue weighted by molar-refractivity contribution is 7.80. The second-order valence-electron chi connectivity index (χ2n) is 4.44. The standard InChI is InChI=1S/C15H16N2OS2/c16-14(19)13(9-11-5-2-1-3-6-11)15(18)17-10-12-7-4-8-20-12/h1-8,13H,9-10H2,(H2,16,19)(H,17,18). The minimum Gasteiger partial charge on any atom is -0.393 e. The molecular formula is C15H16N2OS2. The summed E-state index contributed by atoms with van der Waals surface area (Å²) in [6.07, 6.45) is 0.534. The van der Waals surface area contributed by atoms with Crippen LogP contribution in [0.25, 0.3) is 0 Å². The van der Waals surface area contributed by atoms with E-state index in [0.29, 0.717) is 13.0 Å². The van der Waals surface area contributed by atoms with Crippen LogP contribution in [0.5, 0.6) is 0 Å². The first-order chi connectivity index (χ1) is 9.66. The summed E-state index contributed by atoms with van der Waals surface area (Å²) in [5.74, 6) is -0.581. The van der Waals surface area contributed by atoms with Crippen LogP contribution in [0.4, 0.5) is 0 Å². The van der Waals surface area contributed by atoms with Crippen molar-refractivity contribution < 1.29 is 4.79 Å². The number of carbonyl (C=O) groups is 1. The van der Waals surface area contributed by atoms with Gasteiger partial charge in [0.15, 0.2) is 0 Å². The number of rotatable bonds is 6. The molecule has 1 heterocycles. The summed E-state index contributed by atoms with van der Waals surface area (Å²) in [7, 11) is 0. The molecule has 0 bridgehead atoms. The molecule has 0 fully saturated rings. The highest BCUT2D eigenvalue weighted by atomic mass is 32.1. The van der Waals surface area contributed by atoms with Gasteiger partial charge in [-0.15, -0.1) is 11.3 Å². The van der Waals surface area contributed by atoms with Crippen molar-refractivity contribution in [1.29, 1.82) is 0 Å². The lowest BCUT2D eigenvalue weighted by Gasteiger charge is -2.15.